The molecule has 1 amide bonds. The van der Waals surface area contributed by atoms with Crippen molar-refractivity contribution in [1.29, 1.82) is 0 Å². The topological polar surface area (TPSA) is 80.8 Å². The smallest absolute Gasteiger partial charge is 0.305 e. The third-order valence-corrected chi connectivity index (χ3v) is 6.52. The summed E-state index contributed by atoms with van der Waals surface area (Å²) >= 11 is 3.30. The Kier molecular flexibility index (Phi) is 5.46. The number of benzene rings is 1. The first-order valence-electron chi connectivity index (χ1n) is 7.16. The molecular formula is C15H18BrNO5S. The van der Waals surface area contributed by atoms with Gasteiger partial charge in [-0.1, -0.05) is 0 Å². The summed E-state index contributed by atoms with van der Waals surface area (Å²) in [4.78, 5) is 24.5. The molecule has 0 saturated carbocycles. The van der Waals surface area contributed by atoms with Gasteiger partial charge in [0.25, 0.3) is 0 Å². The lowest BCUT2D eigenvalue weighted by Gasteiger charge is -2.16. The van der Waals surface area contributed by atoms with E-state index < -0.39 is 15.8 Å². The minimum atomic E-state index is -3.56. The fourth-order valence-electron chi connectivity index (χ4n) is 2.57. The van der Waals surface area contributed by atoms with Crippen LogP contribution in [0.15, 0.2) is 21.5 Å². The standard InChI is InChI=1S/C15H18BrNO5S/c1-10(18)17-6-5-11-8-12(16)14(9-13(11)17)23(20,21)7-3-4-15(19)22-2/h8-9H,3-7H2,1-2H3. The first-order valence-corrected chi connectivity index (χ1v) is 9.61. The number of esters is 1. The number of carbonyl (C=O) groups is 2. The highest BCUT2D eigenvalue weighted by atomic mass is 79.9. The SMILES string of the molecule is COC(=O)CCCS(=O)(=O)c1cc2c(cc1Br)CCN2C(C)=O. The highest BCUT2D eigenvalue weighted by molar-refractivity contribution is 9.10. The zero-order chi connectivity index (χ0) is 17.2. The van der Waals surface area contributed by atoms with Gasteiger partial charge in [0.2, 0.25) is 5.91 Å². The average molecular weight is 404 g/mol. The Balaban J connectivity index is 2.27. The zero-order valence-electron chi connectivity index (χ0n) is 13.0. The minimum Gasteiger partial charge on any atom is -0.469 e. The van der Waals surface area contributed by atoms with E-state index in [2.05, 4.69) is 20.7 Å². The van der Waals surface area contributed by atoms with Crippen molar-refractivity contribution < 1.29 is 22.7 Å². The van der Waals surface area contributed by atoms with E-state index in [-0.39, 0.29) is 29.4 Å². The van der Waals surface area contributed by atoms with E-state index in [1.165, 1.54) is 14.0 Å². The minimum absolute atomic E-state index is 0.0534. The van der Waals surface area contributed by atoms with Gasteiger partial charge in [0.1, 0.15) is 0 Å². The highest BCUT2D eigenvalue weighted by Gasteiger charge is 2.27. The molecule has 0 unspecified atom stereocenters. The maximum Gasteiger partial charge on any atom is 0.305 e. The normalized spacial score (nSPS) is 13.8. The second kappa shape index (κ2) is 7.00. The summed E-state index contributed by atoms with van der Waals surface area (Å²) in [5, 5.41) is 0. The summed E-state index contributed by atoms with van der Waals surface area (Å²) in [6.45, 7) is 2.02. The van der Waals surface area contributed by atoms with E-state index in [0.29, 0.717) is 23.1 Å². The number of hydrogen-bond donors (Lipinski definition) is 0. The van der Waals surface area contributed by atoms with Crippen molar-refractivity contribution in [3.8, 4) is 0 Å². The number of methoxy groups -OCH3 is 1. The quantitative estimate of drug-likeness (QED) is 0.702. The predicted octanol–water partition coefficient (Wildman–Crippen LogP) is 2.08. The van der Waals surface area contributed by atoms with Gasteiger partial charge < -0.3 is 9.64 Å². The molecule has 1 aromatic rings. The number of hydrogen-bond acceptors (Lipinski definition) is 5. The van der Waals surface area contributed by atoms with E-state index in [4.69, 9.17) is 0 Å². The molecule has 0 fully saturated rings. The van der Waals surface area contributed by atoms with Crippen molar-refractivity contribution in [2.45, 2.75) is 31.1 Å². The molecule has 0 radical (unpaired) electrons. The number of rotatable bonds is 5. The van der Waals surface area contributed by atoms with Crippen LogP contribution in [-0.2, 0) is 30.6 Å². The molecular weight excluding hydrogens is 386 g/mol. The van der Waals surface area contributed by atoms with Crippen LogP contribution in [0.1, 0.15) is 25.3 Å². The molecule has 1 heterocycles. The molecule has 0 N–H and O–H groups in total. The molecule has 0 atom stereocenters. The molecule has 0 saturated heterocycles. The van der Waals surface area contributed by atoms with Gasteiger partial charge in [0.05, 0.1) is 17.8 Å². The van der Waals surface area contributed by atoms with Gasteiger partial charge in [-0.3, -0.25) is 9.59 Å². The van der Waals surface area contributed by atoms with E-state index in [1.807, 2.05) is 0 Å². The molecule has 2 rings (SSSR count). The molecule has 23 heavy (non-hydrogen) atoms. The van der Waals surface area contributed by atoms with Crippen LogP contribution in [0, 0.1) is 0 Å². The number of fused-ring (bicyclic) bond motifs is 1. The number of halogens is 1. The fraction of sp³-hybridized carbons (Fsp3) is 0.467. The van der Waals surface area contributed by atoms with Crippen LogP contribution in [0.4, 0.5) is 5.69 Å². The van der Waals surface area contributed by atoms with E-state index >= 15 is 0 Å². The Labute approximate surface area is 143 Å². The number of anilines is 1. The van der Waals surface area contributed by atoms with Gasteiger partial charge in [0, 0.05) is 30.0 Å². The Morgan fingerprint density at radius 1 is 1.35 bits per heavy atom. The highest BCUT2D eigenvalue weighted by Crippen LogP contribution is 2.36. The lowest BCUT2D eigenvalue weighted by molar-refractivity contribution is -0.140. The van der Waals surface area contributed by atoms with Crippen LogP contribution in [0.25, 0.3) is 0 Å². The van der Waals surface area contributed by atoms with Crippen molar-refractivity contribution in [3.05, 3.63) is 22.2 Å². The largest absolute Gasteiger partial charge is 0.469 e. The molecule has 0 aliphatic carbocycles. The number of sulfone groups is 1. The van der Waals surface area contributed by atoms with E-state index in [1.54, 1.807) is 17.0 Å². The molecule has 1 aromatic carbocycles. The molecule has 1 aliphatic rings. The van der Waals surface area contributed by atoms with Gasteiger partial charge in [0.15, 0.2) is 9.84 Å². The summed E-state index contributed by atoms with van der Waals surface area (Å²) in [5.74, 6) is -0.699. The molecule has 6 nitrogen and oxygen atoms in total. The Hall–Kier alpha value is -1.41. The summed E-state index contributed by atoms with van der Waals surface area (Å²) in [7, 11) is -2.29. The van der Waals surface area contributed by atoms with Crippen molar-refractivity contribution in [2.24, 2.45) is 0 Å². The van der Waals surface area contributed by atoms with Gasteiger partial charge in [-0.05, 0) is 46.5 Å². The molecule has 1 aliphatic heterocycles. The third kappa shape index (κ3) is 3.92. The second-order valence-electron chi connectivity index (χ2n) is 5.33. The zero-order valence-corrected chi connectivity index (χ0v) is 15.4. The average Bonchev–Trinajstić information content (AvgIpc) is 2.88. The van der Waals surface area contributed by atoms with Crippen LogP contribution in [-0.4, -0.2) is 39.7 Å². The molecule has 0 spiro atoms. The molecule has 8 heteroatoms. The summed E-state index contributed by atoms with van der Waals surface area (Å²) in [6.07, 6.45) is 0.947. The Morgan fingerprint density at radius 3 is 2.65 bits per heavy atom. The van der Waals surface area contributed by atoms with Crippen molar-refractivity contribution >= 4 is 43.3 Å². The first kappa shape index (κ1) is 17.9. The van der Waals surface area contributed by atoms with Gasteiger partial charge in [-0.15, -0.1) is 0 Å². The van der Waals surface area contributed by atoms with Crippen LogP contribution in [0.2, 0.25) is 0 Å². The summed E-state index contributed by atoms with van der Waals surface area (Å²) in [5.41, 5.74) is 1.59. The third-order valence-electron chi connectivity index (χ3n) is 3.77. The van der Waals surface area contributed by atoms with Crippen LogP contribution >= 0.6 is 15.9 Å². The Morgan fingerprint density at radius 2 is 2.04 bits per heavy atom. The number of nitrogens with zero attached hydrogens (tertiary/aromatic N) is 1. The van der Waals surface area contributed by atoms with Gasteiger partial charge in [-0.2, -0.15) is 0 Å². The maximum atomic E-state index is 12.5. The van der Waals surface area contributed by atoms with Crippen molar-refractivity contribution in [3.63, 3.8) is 0 Å². The first-order chi connectivity index (χ1) is 10.8. The molecule has 0 aromatic heterocycles. The lowest BCUT2D eigenvalue weighted by Crippen LogP contribution is -2.26. The summed E-state index contributed by atoms with van der Waals surface area (Å²) in [6, 6.07) is 3.30. The number of amides is 1. The van der Waals surface area contributed by atoms with Crippen LogP contribution in [0.3, 0.4) is 0 Å². The second-order valence-corrected chi connectivity index (χ2v) is 8.26. The predicted molar refractivity (Wildman–Crippen MR) is 89.2 cm³/mol. The Bertz CT molecular complexity index is 744. The summed E-state index contributed by atoms with van der Waals surface area (Å²) < 4.78 is 30.0. The van der Waals surface area contributed by atoms with Crippen LogP contribution < -0.4 is 4.90 Å². The van der Waals surface area contributed by atoms with Crippen molar-refractivity contribution in [1.82, 2.24) is 0 Å². The van der Waals surface area contributed by atoms with E-state index in [9.17, 15) is 18.0 Å². The monoisotopic (exact) mass is 403 g/mol. The number of ether oxygens (including phenoxy) is 1. The fourth-order valence-corrected chi connectivity index (χ4v) is 5.09. The maximum absolute atomic E-state index is 12.5. The van der Waals surface area contributed by atoms with E-state index in [0.717, 1.165) is 5.56 Å². The van der Waals surface area contributed by atoms with Gasteiger partial charge >= 0.3 is 5.97 Å². The lowest BCUT2D eigenvalue weighted by atomic mass is 10.2. The number of carbonyl (C=O) groups excluding carboxylic acids is 2. The van der Waals surface area contributed by atoms with Gasteiger partial charge in [-0.25, -0.2) is 8.42 Å². The molecule has 0 bridgehead atoms. The molecule has 126 valence electrons. The van der Waals surface area contributed by atoms with Crippen LogP contribution in [0.5, 0.6) is 0 Å². The van der Waals surface area contributed by atoms with Crippen molar-refractivity contribution in [2.75, 3.05) is 24.3 Å².